The van der Waals surface area contributed by atoms with Gasteiger partial charge in [0.2, 0.25) is 5.89 Å². The lowest BCUT2D eigenvalue weighted by molar-refractivity contribution is 0.463. The molecule has 2 N–H and O–H groups in total. The summed E-state index contributed by atoms with van der Waals surface area (Å²) in [6, 6.07) is 5.29. The number of guanidine groups is 1. The van der Waals surface area contributed by atoms with E-state index in [9.17, 15) is 8.42 Å². The lowest BCUT2D eigenvalue weighted by atomic mass is 10.1. The molecule has 144 valence electrons. The first-order chi connectivity index (χ1) is 11.7. The van der Waals surface area contributed by atoms with Crippen molar-refractivity contribution in [2.45, 2.75) is 38.8 Å². The number of rotatable bonds is 5. The fraction of sp³-hybridized carbons (Fsp3) is 0.412. The standard InChI is InChI=1S/C17H24N4O3S.HI/c1-11-8-14(6-7-15(11)25(5,22)23)9-19-17(18-4)20-10-16-21-12(2)13(3)24-16;/h6-8H,9-10H2,1-5H3,(H2,18,19,20);1H. The fourth-order valence-corrected chi connectivity index (χ4v) is 3.38. The average molecular weight is 492 g/mol. The van der Waals surface area contributed by atoms with Gasteiger partial charge in [-0.25, -0.2) is 13.4 Å². The zero-order chi connectivity index (χ0) is 18.6. The van der Waals surface area contributed by atoms with E-state index in [-0.39, 0.29) is 24.0 Å². The van der Waals surface area contributed by atoms with Crippen LogP contribution in [0.1, 0.15) is 28.5 Å². The molecular formula is C17H25IN4O3S. The summed E-state index contributed by atoms with van der Waals surface area (Å²) in [6.07, 6.45) is 1.21. The Kier molecular flexibility index (Phi) is 8.07. The number of oxazole rings is 1. The van der Waals surface area contributed by atoms with E-state index in [1.807, 2.05) is 19.9 Å². The molecule has 0 aliphatic carbocycles. The lowest BCUT2D eigenvalue weighted by Gasteiger charge is -2.12. The molecule has 0 saturated heterocycles. The summed E-state index contributed by atoms with van der Waals surface area (Å²) in [5.41, 5.74) is 2.58. The van der Waals surface area contributed by atoms with Gasteiger partial charge in [-0.1, -0.05) is 12.1 Å². The monoisotopic (exact) mass is 492 g/mol. The maximum Gasteiger partial charge on any atom is 0.214 e. The number of aromatic nitrogens is 1. The average Bonchev–Trinajstić information content (AvgIpc) is 2.84. The Balaban J connectivity index is 0.00000338. The van der Waals surface area contributed by atoms with Crippen LogP contribution in [0, 0.1) is 20.8 Å². The first-order valence-electron chi connectivity index (χ1n) is 7.87. The van der Waals surface area contributed by atoms with Crippen LogP contribution in [0.3, 0.4) is 0 Å². The number of hydrogen-bond donors (Lipinski definition) is 2. The van der Waals surface area contributed by atoms with Gasteiger partial charge in [0.1, 0.15) is 5.76 Å². The molecule has 0 atom stereocenters. The molecule has 0 aliphatic heterocycles. The number of sulfone groups is 1. The van der Waals surface area contributed by atoms with Crippen molar-refractivity contribution in [1.82, 2.24) is 15.6 Å². The molecule has 9 heteroatoms. The highest BCUT2D eigenvalue weighted by Gasteiger charge is 2.11. The van der Waals surface area contributed by atoms with Crippen molar-refractivity contribution in [2.24, 2.45) is 4.99 Å². The van der Waals surface area contributed by atoms with Crippen LogP contribution in [0.15, 0.2) is 32.5 Å². The molecule has 0 fully saturated rings. The van der Waals surface area contributed by atoms with E-state index < -0.39 is 9.84 Å². The van der Waals surface area contributed by atoms with Crippen molar-refractivity contribution < 1.29 is 12.8 Å². The molecule has 0 amide bonds. The molecule has 0 spiro atoms. The van der Waals surface area contributed by atoms with Gasteiger partial charge in [0.05, 0.1) is 17.1 Å². The maximum atomic E-state index is 11.7. The van der Waals surface area contributed by atoms with Crippen LogP contribution in [0.25, 0.3) is 0 Å². The van der Waals surface area contributed by atoms with Crippen LogP contribution in [0.4, 0.5) is 0 Å². The van der Waals surface area contributed by atoms with Gasteiger partial charge in [0.15, 0.2) is 15.8 Å². The zero-order valence-corrected chi connectivity index (χ0v) is 18.7. The molecule has 0 bridgehead atoms. The molecule has 2 aromatic rings. The van der Waals surface area contributed by atoms with E-state index in [2.05, 4.69) is 20.6 Å². The van der Waals surface area contributed by atoms with E-state index in [0.29, 0.717) is 29.8 Å². The van der Waals surface area contributed by atoms with Crippen LogP contribution in [0.5, 0.6) is 0 Å². The summed E-state index contributed by atoms with van der Waals surface area (Å²) in [7, 11) is -1.52. The molecular weight excluding hydrogens is 467 g/mol. The Hall–Kier alpha value is -1.62. The highest BCUT2D eigenvalue weighted by atomic mass is 127. The summed E-state index contributed by atoms with van der Waals surface area (Å²) in [5, 5.41) is 6.32. The topological polar surface area (TPSA) is 96.6 Å². The number of benzene rings is 1. The van der Waals surface area contributed by atoms with Gasteiger partial charge >= 0.3 is 0 Å². The van der Waals surface area contributed by atoms with Crippen LogP contribution < -0.4 is 10.6 Å². The van der Waals surface area contributed by atoms with Crippen LogP contribution >= 0.6 is 24.0 Å². The SMILES string of the molecule is CN=C(NCc1ccc(S(C)(=O)=O)c(C)c1)NCc1nc(C)c(C)o1.I. The van der Waals surface area contributed by atoms with Gasteiger partial charge in [-0.3, -0.25) is 4.99 Å². The van der Waals surface area contributed by atoms with Crippen molar-refractivity contribution in [2.75, 3.05) is 13.3 Å². The first kappa shape index (κ1) is 22.4. The van der Waals surface area contributed by atoms with Gasteiger partial charge in [-0.15, -0.1) is 24.0 Å². The summed E-state index contributed by atoms with van der Waals surface area (Å²) >= 11 is 0. The fourth-order valence-electron chi connectivity index (χ4n) is 2.42. The van der Waals surface area contributed by atoms with Crippen LogP contribution in [-0.2, 0) is 22.9 Å². The minimum absolute atomic E-state index is 0. The van der Waals surface area contributed by atoms with Gasteiger partial charge < -0.3 is 15.1 Å². The van der Waals surface area contributed by atoms with E-state index in [1.54, 1.807) is 26.1 Å². The predicted octanol–water partition coefficient (Wildman–Crippen LogP) is 2.49. The van der Waals surface area contributed by atoms with Crippen molar-refractivity contribution in [3.05, 3.63) is 46.7 Å². The maximum absolute atomic E-state index is 11.7. The molecule has 1 aromatic heterocycles. The Morgan fingerprint density at radius 3 is 2.35 bits per heavy atom. The largest absolute Gasteiger partial charge is 0.444 e. The normalized spacial score (nSPS) is 11.8. The molecule has 0 saturated carbocycles. The third-order valence-electron chi connectivity index (χ3n) is 3.80. The van der Waals surface area contributed by atoms with E-state index in [4.69, 9.17) is 4.42 Å². The number of aliphatic imine (C=N–C) groups is 1. The summed E-state index contributed by atoms with van der Waals surface area (Å²) in [4.78, 5) is 8.82. The second-order valence-corrected chi connectivity index (χ2v) is 7.88. The van der Waals surface area contributed by atoms with Crippen molar-refractivity contribution in [3.8, 4) is 0 Å². The Labute approximate surface area is 171 Å². The van der Waals surface area contributed by atoms with Gasteiger partial charge in [-0.05, 0) is 38.0 Å². The van der Waals surface area contributed by atoms with Gasteiger partial charge in [-0.2, -0.15) is 0 Å². The van der Waals surface area contributed by atoms with Crippen LogP contribution in [0.2, 0.25) is 0 Å². The predicted molar refractivity (Wildman–Crippen MR) is 113 cm³/mol. The molecule has 1 aromatic carbocycles. The van der Waals surface area contributed by atoms with E-state index >= 15 is 0 Å². The van der Waals surface area contributed by atoms with Crippen molar-refractivity contribution >= 4 is 39.8 Å². The smallest absolute Gasteiger partial charge is 0.214 e. The number of nitrogens with one attached hydrogen (secondary N) is 2. The first-order valence-corrected chi connectivity index (χ1v) is 9.77. The molecule has 1 heterocycles. The lowest BCUT2D eigenvalue weighted by Crippen LogP contribution is -2.36. The zero-order valence-electron chi connectivity index (χ0n) is 15.6. The third-order valence-corrected chi connectivity index (χ3v) is 5.06. The van der Waals surface area contributed by atoms with E-state index in [0.717, 1.165) is 22.6 Å². The van der Waals surface area contributed by atoms with Gasteiger partial charge in [0, 0.05) is 19.8 Å². The van der Waals surface area contributed by atoms with Gasteiger partial charge in [0.25, 0.3) is 0 Å². The molecule has 0 aliphatic rings. The van der Waals surface area contributed by atoms with Crippen molar-refractivity contribution in [1.29, 1.82) is 0 Å². The minimum Gasteiger partial charge on any atom is -0.444 e. The molecule has 0 radical (unpaired) electrons. The summed E-state index contributed by atoms with van der Waals surface area (Å²) < 4.78 is 28.8. The second-order valence-electron chi connectivity index (χ2n) is 5.90. The number of nitrogens with zero attached hydrogens (tertiary/aromatic N) is 2. The number of hydrogen-bond acceptors (Lipinski definition) is 5. The third kappa shape index (κ3) is 5.97. The Morgan fingerprint density at radius 1 is 1.19 bits per heavy atom. The summed E-state index contributed by atoms with van der Waals surface area (Å²) in [6.45, 7) is 6.52. The second kappa shape index (κ2) is 9.36. The quantitative estimate of drug-likeness (QED) is 0.378. The highest BCUT2D eigenvalue weighted by Crippen LogP contribution is 2.16. The molecule has 2 rings (SSSR count). The van der Waals surface area contributed by atoms with Crippen LogP contribution in [-0.4, -0.2) is 32.7 Å². The number of halogens is 1. The minimum atomic E-state index is -3.20. The molecule has 0 unspecified atom stereocenters. The highest BCUT2D eigenvalue weighted by molar-refractivity contribution is 14.0. The van der Waals surface area contributed by atoms with Crippen molar-refractivity contribution in [3.63, 3.8) is 0 Å². The number of aryl methyl sites for hydroxylation is 3. The summed E-state index contributed by atoms with van der Waals surface area (Å²) in [5.74, 6) is 2.02. The Bertz CT molecular complexity index is 872. The Morgan fingerprint density at radius 2 is 1.85 bits per heavy atom. The van der Waals surface area contributed by atoms with E-state index in [1.165, 1.54) is 6.26 Å². The molecule has 7 nitrogen and oxygen atoms in total. The molecule has 26 heavy (non-hydrogen) atoms.